The maximum Gasteiger partial charge on any atom is 0.319 e. The van der Waals surface area contributed by atoms with Crippen LogP contribution in [0.1, 0.15) is 27.0 Å². The highest BCUT2D eigenvalue weighted by atomic mass is 35.5. The van der Waals surface area contributed by atoms with Crippen molar-refractivity contribution in [2.75, 3.05) is 16.8 Å². The minimum atomic E-state index is -0.314. The Morgan fingerprint density at radius 1 is 1.03 bits per heavy atom. The van der Waals surface area contributed by atoms with Crippen molar-refractivity contribution in [3.8, 4) is 0 Å². The lowest BCUT2D eigenvalue weighted by molar-refractivity contribution is 0.0989. The van der Waals surface area contributed by atoms with Crippen LogP contribution in [0.25, 0.3) is 0 Å². The maximum absolute atomic E-state index is 13.0. The summed E-state index contributed by atoms with van der Waals surface area (Å²) < 4.78 is 0. The number of carbonyl (C=O) groups is 2. The van der Waals surface area contributed by atoms with Gasteiger partial charge in [-0.05, 0) is 60.9 Å². The lowest BCUT2D eigenvalue weighted by atomic mass is 10.1. The van der Waals surface area contributed by atoms with Gasteiger partial charge in [-0.1, -0.05) is 47.5 Å². The number of amides is 3. The van der Waals surface area contributed by atoms with Crippen LogP contribution in [0, 0.1) is 6.92 Å². The first-order valence-electron chi connectivity index (χ1n) is 9.80. The number of fused-ring (bicyclic) bond motifs is 1. The molecule has 1 aliphatic heterocycles. The Balaban J connectivity index is 1.44. The van der Waals surface area contributed by atoms with Gasteiger partial charge in [0.25, 0.3) is 5.91 Å². The first-order valence-corrected chi connectivity index (χ1v) is 10.2. The van der Waals surface area contributed by atoms with Crippen molar-refractivity contribution >= 4 is 34.9 Å². The Kier molecular flexibility index (Phi) is 5.72. The molecule has 3 aromatic carbocycles. The predicted octanol–water partition coefficient (Wildman–Crippen LogP) is 5.17. The monoisotopic (exact) mass is 419 g/mol. The molecule has 0 radical (unpaired) electrons. The van der Waals surface area contributed by atoms with Crippen LogP contribution in [0.3, 0.4) is 0 Å². The predicted molar refractivity (Wildman–Crippen MR) is 120 cm³/mol. The third-order valence-corrected chi connectivity index (χ3v) is 5.33. The Morgan fingerprint density at radius 2 is 1.87 bits per heavy atom. The van der Waals surface area contributed by atoms with E-state index in [1.54, 1.807) is 24.3 Å². The zero-order valence-electron chi connectivity index (χ0n) is 16.6. The van der Waals surface area contributed by atoms with Crippen molar-refractivity contribution in [2.45, 2.75) is 19.9 Å². The molecule has 0 saturated heterocycles. The van der Waals surface area contributed by atoms with Gasteiger partial charge in [-0.25, -0.2) is 4.79 Å². The van der Waals surface area contributed by atoms with Crippen LogP contribution in [0.2, 0.25) is 5.02 Å². The molecule has 0 aliphatic carbocycles. The first kappa shape index (κ1) is 20.0. The smallest absolute Gasteiger partial charge is 0.319 e. The number of hydrogen-bond acceptors (Lipinski definition) is 2. The molecule has 0 bridgehead atoms. The molecule has 0 aromatic heterocycles. The van der Waals surface area contributed by atoms with Gasteiger partial charge in [0, 0.05) is 35.1 Å². The average molecular weight is 420 g/mol. The quantitative estimate of drug-likeness (QED) is 0.612. The van der Waals surface area contributed by atoms with Gasteiger partial charge in [-0.15, -0.1) is 0 Å². The number of anilines is 2. The Labute approximate surface area is 180 Å². The Hall–Kier alpha value is -3.31. The summed E-state index contributed by atoms with van der Waals surface area (Å²) >= 11 is 5.94. The SMILES string of the molecule is Cc1cccc(C(=O)N2CCc3ccc(CNC(=O)Nc4cccc(Cl)c4)cc32)c1. The van der Waals surface area contributed by atoms with E-state index < -0.39 is 0 Å². The average Bonchev–Trinajstić information content (AvgIpc) is 3.15. The molecule has 5 nitrogen and oxygen atoms in total. The third-order valence-electron chi connectivity index (χ3n) is 5.09. The van der Waals surface area contributed by atoms with Crippen LogP contribution >= 0.6 is 11.6 Å². The van der Waals surface area contributed by atoms with Crippen LogP contribution in [-0.2, 0) is 13.0 Å². The number of aryl methyl sites for hydroxylation is 1. The van der Waals surface area contributed by atoms with Gasteiger partial charge in [0.15, 0.2) is 0 Å². The Bertz CT molecular complexity index is 1110. The van der Waals surface area contributed by atoms with Crippen molar-refractivity contribution in [3.05, 3.63) is 94.0 Å². The largest absolute Gasteiger partial charge is 0.334 e. The summed E-state index contributed by atoms with van der Waals surface area (Å²) in [6.07, 6.45) is 0.829. The summed E-state index contributed by atoms with van der Waals surface area (Å²) in [7, 11) is 0. The molecular formula is C24H22ClN3O2. The highest BCUT2D eigenvalue weighted by Crippen LogP contribution is 2.30. The number of urea groups is 1. The minimum Gasteiger partial charge on any atom is -0.334 e. The fourth-order valence-corrected chi connectivity index (χ4v) is 3.79. The van der Waals surface area contributed by atoms with Gasteiger partial charge in [-0.2, -0.15) is 0 Å². The fraction of sp³-hybridized carbons (Fsp3) is 0.167. The van der Waals surface area contributed by atoms with Crippen LogP contribution in [0.4, 0.5) is 16.2 Å². The number of rotatable bonds is 4. The normalized spacial score (nSPS) is 12.4. The molecule has 1 aliphatic rings. The molecule has 3 aromatic rings. The van der Waals surface area contributed by atoms with E-state index in [4.69, 9.17) is 11.6 Å². The van der Waals surface area contributed by atoms with E-state index in [1.807, 2.05) is 54.3 Å². The molecule has 0 atom stereocenters. The molecule has 30 heavy (non-hydrogen) atoms. The van der Waals surface area contributed by atoms with E-state index in [0.717, 1.165) is 28.8 Å². The zero-order chi connectivity index (χ0) is 21.1. The fourth-order valence-electron chi connectivity index (χ4n) is 3.60. The molecule has 4 rings (SSSR count). The molecule has 0 fully saturated rings. The number of nitrogens with zero attached hydrogens (tertiary/aromatic N) is 1. The van der Waals surface area contributed by atoms with Gasteiger partial charge >= 0.3 is 6.03 Å². The van der Waals surface area contributed by atoms with Crippen LogP contribution in [0.15, 0.2) is 66.7 Å². The summed E-state index contributed by atoms with van der Waals surface area (Å²) in [5, 5.41) is 6.16. The number of carbonyl (C=O) groups excluding carboxylic acids is 2. The van der Waals surface area contributed by atoms with Gasteiger partial charge in [-0.3, -0.25) is 4.79 Å². The van der Waals surface area contributed by atoms with Crippen LogP contribution < -0.4 is 15.5 Å². The standard InChI is InChI=1S/C24H22ClN3O2/c1-16-4-2-5-19(12-16)23(29)28-11-10-18-9-8-17(13-22(18)28)15-26-24(30)27-21-7-3-6-20(25)14-21/h2-9,12-14H,10-11,15H2,1H3,(H2,26,27,30). The van der Waals surface area contributed by atoms with Crippen LogP contribution in [0.5, 0.6) is 0 Å². The van der Waals surface area contributed by atoms with Crippen LogP contribution in [-0.4, -0.2) is 18.5 Å². The van der Waals surface area contributed by atoms with E-state index in [0.29, 0.717) is 29.4 Å². The molecular weight excluding hydrogens is 398 g/mol. The van der Waals surface area contributed by atoms with Gasteiger partial charge in [0.1, 0.15) is 0 Å². The molecule has 0 unspecified atom stereocenters. The third kappa shape index (κ3) is 4.47. The van der Waals surface area contributed by atoms with Crippen molar-refractivity contribution in [2.24, 2.45) is 0 Å². The second kappa shape index (κ2) is 8.59. The molecule has 6 heteroatoms. The van der Waals surface area contributed by atoms with Gasteiger partial charge < -0.3 is 15.5 Å². The molecule has 0 saturated carbocycles. The van der Waals surface area contributed by atoms with Crippen molar-refractivity contribution in [3.63, 3.8) is 0 Å². The van der Waals surface area contributed by atoms with E-state index in [1.165, 1.54) is 0 Å². The van der Waals surface area contributed by atoms with E-state index in [-0.39, 0.29) is 11.9 Å². The molecule has 2 N–H and O–H groups in total. The lowest BCUT2D eigenvalue weighted by Crippen LogP contribution is -2.29. The summed E-state index contributed by atoms with van der Waals surface area (Å²) in [6, 6.07) is 20.3. The summed E-state index contributed by atoms with van der Waals surface area (Å²) in [4.78, 5) is 27.0. The Morgan fingerprint density at radius 3 is 2.67 bits per heavy atom. The second-order valence-corrected chi connectivity index (χ2v) is 7.79. The lowest BCUT2D eigenvalue weighted by Gasteiger charge is -2.18. The van der Waals surface area contributed by atoms with E-state index in [9.17, 15) is 9.59 Å². The highest BCUT2D eigenvalue weighted by molar-refractivity contribution is 6.30. The summed E-state index contributed by atoms with van der Waals surface area (Å²) in [5.74, 6) is 0.00117. The minimum absolute atomic E-state index is 0.00117. The second-order valence-electron chi connectivity index (χ2n) is 7.36. The maximum atomic E-state index is 13.0. The number of halogens is 1. The van der Waals surface area contributed by atoms with Crippen molar-refractivity contribution < 1.29 is 9.59 Å². The first-order chi connectivity index (χ1) is 14.5. The summed E-state index contributed by atoms with van der Waals surface area (Å²) in [5.41, 5.74) is 5.36. The van der Waals surface area contributed by atoms with Crippen molar-refractivity contribution in [1.29, 1.82) is 0 Å². The molecule has 152 valence electrons. The van der Waals surface area contributed by atoms with Crippen molar-refractivity contribution in [1.82, 2.24) is 5.32 Å². The topological polar surface area (TPSA) is 61.4 Å². The van der Waals surface area contributed by atoms with Gasteiger partial charge in [0.05, 0.1) is 0 Å². The molecule has 1 heterocycles. The van der Waals surface area contributed by atoms with E-state index in [2.05, 4.69) is 10.6 Å². The number of nitrogens with one attached hydrogen (secondary N) is 2. The number of benzene rings is 3. The van der Waals surface area contributed by atoms with Gasteiger partial charge in [0.2, 0.25) is 0 Å². The highest BCUT2D eigenvalue weighted by Gasteiger charge is 2.25. The zero-order valence-corrected chi connectivity index (χ0v) is 17.4. The molecule has 3 amide bonds. The molecule has 0 spiro atoms. The van der Waals surface area contributed by atoms with E-state index >= 15 is 0 Å². The summed E-state index contributed by atoms with van der Waals surface area (Å²) in [6.45, 7) is 2.99. The number of hydrogen-bond donors (Lipinski definition) is 2.